The van der Waals surface area contributed by atoms with Crippen molar-refractivity contribution in [3.05, 3.63) is 12.2 Å². The van der Waals surface area contributed by atoms with Crippen LogP contribution in [0.4, 0.5) is 0 Å². The Bertz CT molecular complexity index is 387. The number of aliphatic hydroxyl groups is 3. The van der Waals surface area contributed by atoms with Gasteiger partial charge >= 0.3 is 0 Å². The molecule has 5 nitrogen and oxygen atoms in total. The molecule has 0 radical (unpaired) electrons. The van der Waals surface area contributed by atoms with Gasteiger partial charge in [0.2, 0.25) is 0 Å². The molecule has 0 aromatic heterocycles. The topological polar surface area (TPSA) is 79.2 Å². The molecule has 0 unspecified atom stereocenters. The van der Waals surface area contributed by atoms with Crippen LogP contribution in [0.3, 0.4) is 0 Å². The van der Waals surface area contributed by atoms with Gasteiger partial charge in [-0.3, -0.25) is 0 Å². The lowest BCUT2D eigenvalue weighted by atomic mass is 10.0. The maximum absolute atomic E-state index is 10.1. The molecular weight excluding hydrogens is 368 g/mol. The van der Waals surface area contributed by atoms with Crippen LogP contribution in [0.15, 0.2) is 12.2 Å². The summed E-state index contributed by atoms with van der Waals surface area (Å²) in [6.45, 7) is 2.59. The molecule has 0 bridgehead atoms. The Morgan fingerprint density at radius 3 is 1.97 bits per heavy atom. The molecule has 5 heteroatoms. The highest BCUT2D eigenvalue weighted by Crippen LogP contribution is 2.19. The number of hydrogen-bond donors (Lipinski definition) is 3. The molecule has 1 fully saturated rings. The van der Waals surface area contributed by atoms with E-state index in [-0.39, 0.29) is 13.2 Å². The fraction of sp³-hybridized carbons (Fsp3) is 0.917. The molecule has 1 aliphatic rings. The predicted octanol–water partition coefficient (Wildman–Crippen LogP) is 4.52. The summed E-state index contributed by atoms with van der Waals surface area (Å²) in [5, 5.41) is 29.1. The molecule has 172 valence electrons. The number of allylic oxidation sites excluding steroid dienone is 2. The Kier molecular flexibility index (Phi) is 16.8. The molecule has 0 aliphatic carbocycles. The monoisotopic (exact) mass is 414 g/mol. The van der Waals surface area contributed by atoms with Crippen LogP contribution < -0.4 is 0 Å². The second-order valence-corrected chi connectivity index (χ2v) is 8.39. The minimum atomic E-state index is -0.971. The summed E-state index contributed by atoms with van der Waals surface area (Å²) >= 11 is 0. The number of aliphatic hydroxyl groups excluding tert-OH is 3. The Morgan fingerprint density at radius 1 is 0.828 bits per heavy atom. The number of rotatable bonds is 18. The molecule has 0 aromatic rings. The fourth-order valence-electron chi connectivity index (χ4n) is 3.80. The zero-order chi connectivity index (χ0) is 21.2. The maximum atomic E-state index is 10.1. The van der Waals surface area contributed by atoms with Crippen LogP contribution in [0.2, 0.25) is 0 Å². The second-order valence-electron chi connectivity index (χ2n) is 8.39. The quantitative estimate of drug-likeness (QED) is 0.227. The van der Waals surface area contributed by atoms with E-state index in [1.165, 1.54) is 77.0 Å². The van der Waals surface area contributed by atoms with E-state index in [2.05, 4.69) is 19.1 Å². The van der Waals surface area contributed by atoms with E-state index in [1.807, 2.05) is 0 Å². The van der Waals surface area contributed by atoms with Crippen LogP contribution in [0, 0.1) is 0 Å². The standard InChI is InChI=1S/C24H46O5/c1-2-3-4-5-6-7-8-9-10-11-12-13-14-15-16-17-18-28-24-21(26)20-29-22(19-25)23(24)27/h4-5,21-27H,2-3,6-20H2,1H3/b5-4+/t21-,22+,23+,24+/m1/s1. The van der Waals surface area contributed by atoms with E-state index in [0.717, 1.165) is 12.8 Å². The van der Waals surface area contributed by atoms with Crippen LogP contribution in [0.1, 0.15) is 96.8 Å². The van der Waals surface area contributed by atoms with Gasteiger partial charge in [0.05, 0.1) is 13.2 Å². The molecule has 0 amide bonds. The smallest absolute Gasteiger partial charge is 0.114 e. The Morgan fingerprint density at radius 2 is 1.38 bits per heavy atom. The zero-order valence-corrected chi connectivity index (χ0v) is 18.6. The second kappa shape index (κ2) is 18.3. The van der Waals surface area contributed by atoms with Gasteiger partial charge in [0, 0.05) is 6.61 Å². The van der Waals surface area contributed by atoms with Crippen molar-refractivity contribution in [2.45, 2.75) is 121 Å². The maximum Gasteiger partial charge on any atom is 0.114 e. The Hall–Kier alpha value is -0.460. The van der Waals surface area contributed by atoms with Gasteiger partial charge in [-0.15, -0.1) is 0 Å². The largest absolute Gasteiger partial charge is 0.394 e. The molecule has 0 saturated carbocycles. The van der Waals surface area contributed by atoms with Gasteiger partial charge in [-0.25, -0.2) is 0 Å². The molecule has 3 N–H and O–H groups in total. The van der Waals surface area contributed by atoms with Crippen LogP contribution in [0.5, 0.6) is 0 Å². The third-order valence-corrected chi connectivity index (χ3v) is 5.71. The van der Waals surface area contributed by atoms with Gasteiger partial charge in [0.15, 0.2) is 0 Å². The Balaban J connectivity index is 1.84. The average Bonchev–Trinajstić information content (AvgIpc) is 2.72. The van der Waals surface area contributed by atoms with Gasteiger partial charge < -0.3 is 24.8 Å². The summed E-state index contributed by atoms with van der Waals surface area (Å²) in [7, 11) is 0. The van der Waals surface area contributed by atoms with E-state index in [4.69, 9.17) is 14.6 Å². The van der Waals surface area contributed by atoms with Gasteiger partial charge in [0.25, 0.3) is 0 Å². The lowest BCUT2D eigenvalue weighted by Gasteiger charge is -2.37. The molecule has 29 heavy (non-hydrogen) atoms. The van der Waals surface area contributed by atoms with E-state index >= 15 is 0 Å². The summed E-state index contributed by atoms with van der Waals surface area (Å²) in [5.74, 6) is 0. The molecule has 1 saturated heterocycles. The van der Waals surface area contributed by atoms with Crippen molar-refractivity contribution in [3.8, 4) is 0 Å². The predicted molar refractivity (Wildman–Crippen MR) is 118 cm³/mol. The number of hydrogen-bond acceptors (Lipinski definition) is 5. The van der Waals surface area contributed by atoms with Crippen molar-refractivity contribution in [1.82, 2.24) is 0 Å². The van der Waals surface area contributed by atoms with Crippen molar-refractivity contribution in [2.24, 2.45) is 0 Å². The first-order chi connectivity index (χ1) is 14.2. The molecular formula is C24H46O5. The van der Waals surface area contributed by atoms with Crippen molar-refractivity contribution < 1.29 is 24.8 Å². The third kappa shape index (κ3) is 12.7. The highest BCUT2D eigenvalue weighted by molar-refractivity contribution is 4.87. The first-order valence-corrected chi connectivity index (χ1v) is 12.1. The SMILES string of the molecule is CCC/C=C/CCCCCCCCCCCCCO[C@@H]1[C@@H](O)[C@H](CO)OC[C@H]1O. The lowest BCUT2D eigenvalue weighted by molar-refractivity contribution is -0.210. The molecule has 0 spiro atoms. The number of ether oxygens (including phenoxy) is 2. The molecule has 1 heterocycles. The lowest BCUT2D eigenvalue weighted by Crippen LogP contribution is -2.55. The van der Waals surface area contributed by atoms with Crippen LogP contribution >= 0.6 is 0 Å². The summed E-state index contributed by atoms with van der Waals surface area (Å²) < 4.78 is 10.8. The Labute approximate surface area is 178 Å². The van der Waals surface area contributed by atoms with Crippen molar-refractivity contribution in [2.75, 3.05) is 19.8 Å². The van der Waals surface area contributed by atoms with E-state index in [0.29, 0.717) is 6.61 Å². The first-order valence-electron chi connectivity index (χ1n) is 12.1. The highest BCUT2D eigenvalue weighted by Gasteiger charge is 2.38. The van der Waals surface area contributed by atoms with E-state index in [9.17, 15) is 10.2 Å². The fourth-order valence-corrected chi connectivity index (χ4v) is 3.80. The first kappa shape index (κ1) is 26.6. The van der Waals surface area contributed by atoms with Crippen LogP contribution in [0.25, 0.3) is 0 Å². The van der Waals surface area contributed by atoms with Gasteiger partial charge in [-0.1, -0.05) is 83.3 Å². The normalized spacial score (nSPS) is 25.1. The minimum absolute atomic E-state index is 0.100. The highest BCUT2D eigenvalue weighted by atomic mass is 16.6. The molecule has 1 rings (SSSR count). The molecule has 1 aliphatic heterocycles. The summed E-state index contributed by atoms with van der Waals surface area (Å²) in [6, 6.07) is 0. The van der Waals surface area contributed by atoms with Crippen molar-refractivity contribution in [3.63, 3.8) is 0 Å². The van der Waals surface area contributed by atoms with E-state index < -0.39 is 24.4 Å². The average molecular weight is 415 g/mol. The zero-order valence-electron chi connectivity index (χ0n) is 18.6. The minimum Gasteiger partial charge on any atom is -0.394 e. The van der Waals surface area contributed by atoms with Crippen molar-refractivity contribution >= 4 is 0 Å². The van der Waals surface area contributed by atoms with Gasteiger partial charge in [-0.2, -0.15) is 0 Å². The van der Waals surface area contributed by atoms with E-state index in [1.54, 1.807) is 0 Å². The van der Waals surface area contributed by atoms with Crippen LogP contribution in [-0.4, -0.2) is 59.6 Å². The van der Waals surface area contributed by atoms with Gasteiger partial charge in [0.1, 0.15) is 24.4 Å². The molecule has 4 atom stereocenters. The summed E-state index contributed by atoms with van der Waals surface area (Å²) in [5.41, 5.74) is 0. The molecule has 0 aromatic carbocycles. The van der Waals surface area contributed by atoms with Crippen molar-refractivity contribution in [1.29, 1.82) is 0 Å². The summed E-state index contributed by atoms with van der Waals surface area (Å²) in [4.78, 5) is 0. The summed E-state index contributed by atoms with van der Waals surface area (Å²) in [6.07, 6.45) is 19.3. The number of unbranched alkanes of at least 4 members (excludes halogenated alkanes) is 12. The third-order valence-electron chi connectivity index (χ3n) is 5.71. The van der Waals surface area contributed by atoms with Crippen LogP contribution in [-0.2, 0) is 9.47 Å². The van der Waals surface area contributed by atoms with Gasteiger partial charge in [-0.05, 0) is 25.7 Å².